The zero-order chi connectivity index (χ0) is 20.5. The first-order chi connectivity index (χ1) is 13.1. The molecule has 0 amide bonds. The molecule has 0 saturated carbocycles. The summed E-state index contributed by atoms with van der Waals surface area (Å²) in [4.78, 5) is 9.75. The summed E-state index contributed by atoms with van der Waals surface area (Å²) in [6.07, 6.45) is 2.39. The topological polar surface area (TPSA) is 53.4 Å². The summed E-state index contributed by atoms with van der Waals surface area (Å²) in [6, 6.07) is 0.339. The zero-order valence-electron chi connectivity index (χ0n) is 18.9. The van der Waals surface area contributed by atoms with Gasteiger partial charge in [0.25, 0.3) is 0 Å². The molecule has 6 heteroatoms. The Labute approximate surface area is 169 Å². The predicted molar refractivity (Wildman–Crippen MR) is 116 cm³/mol. The Kier molecular flexibility index (Phi) is 17.7. The van der Waals surface area contributed by atoms with Crippen molar-refractivity contribution < 1.29 is 10.2 Å². The molecule has 0 saturated heterocycles. The van der Waals surface area contributed by atoms with Crippen LogP contribution in [0.15, 0.2) is 0 Å². The summed E-state index contributed by atoms with van der Waals surface area (Å²) < 4.78 is 0. The molecule has 0 heterocycles. The quantitative estimate of drug-likeness (QED) is 0.349. The van der Waals surface area contributed by atoms with Crippen LogP contribution in [0, 0.1) is 0 Å². The van der Waals surface area contributed by atoms with Gasteiger partial charge in [-0.1, -0.05) is 27.7 Å². The Bertz CT molecular complexity index is 289. The lowest BCUT2D eigenvalue weighted by Crippen LogP contribution is -2.45. The predicted octanol–water partition coefficient (Wildman–Crippen LogP) is 1.43. The molecule has 0 aliphatic rings. The molecule has 0 bridgehead atoms. The minimum atomic E-state index is 0.147. The molecule has 0 aromatic heterocycles. The largest absolute Gasteiger partial charge is 0.395 e. The van der Waals surface area contributed by atoms with Crippen LogP contribution in [0.2, 0.25) is 0 Å². The van der Waals surface area contributed by atoms with E-state index in [1.165, 1.54) is 12.8 Å². The van der Waals surface area contributed by atoms with Gasteiger partial charge in [-0.15, -0.1) is 0 Å². The van der Waals surface area contributed by atoms with Crippen LogP contribution in [-0.2, 0) is 0 Å². The van der Waals surface area contributed by atoms with Crippen molar-refractivity contribution in [3.63, 3.8) is 0 Å². The summed E-state index contributed by atoms with van der Waals surface area (Å²) in [5.74, 6) is 0. The highest BCUT2D eigenvalue weighted by Gasteiger charge is 2.17. The molecule has 2 N–H and O–H groups in total. The highest BCUT2D eigenvalue weighted by molar-refractivity contribution is 4.73. The molecule has 0 spiro atoms. The number of rotatable bonds is 19. The fourth-order valence-corrected chi connectivity index (χ4v) is 3.71. The van der Waals surface area contributed by atoms with Crippen molar-refractivity contribution in [1.82, 2.24) is 19.6 Å². The monoisotopic (exact) mass is 388 g/mol. The van der Waals surface area contributed by atoms with Gasteiger partial charge >= 0.3 is 0 Å². The fourth-order valence-electron chi connectivity index (χ4n) is 3.71. The van der Waals surface area contributed by atoms with E-state index < -0.39 is 0 Å². The maximum Gasteiger partial charge on any atom is 0.0558 e. The summed E-state index contributed by atoms with van der Waals surface area (Å²) >= 11 is 0. The van der Waals surface area contributed by atoms with Crippen LogP contribution in [0.4, 0.5) is 0 Å². The first-order valence-corrected chi connectivity index (χ1v) is 11.2. The van der Waals surface area contributed by atoms with Crippen molar-refractivity contribution in [2.24, 2.45) is 0 Å². The Morgan fingerprint density at radius 1 is 0.593 bits per heavy atom. The van der Waals surface area contributed by atoms with Crippen LogP contribution >= 0.6 is 0 Å². The van der Waals surface area contributed by atoms with Gasteiger partial charge in [0.05, 0.1) is 13.2 Å². The first kappa shape index (κ1) is 26.8. The number of hydrogen-bond acceptors (Lipinski definition) is 6. The third-order valence-corrected chi connectivity index (χ3v) is 5.61. The summed E-state index contributed by atoms with van der Waals surface area (Å²) in [5.41, 5.74) is 0. The normalized spacial score (nSPS) is 13.4. The van der Waals surface area contributed by atoms with Crippen molar-refractivity contribution in [2.45, 2.75) is 53.5 Å². The van der Waals surface area contributed by atoms with E-state index in [2.05, 4.69) is 54.2 Å². The van der Waals surface area contributed by atoms with Crippen LogP contribution in [0.5, 0.6) is 0 Å². The molecule has 0 aliphatic heterocycles. The Morgan fingerprint density at radius 3 is 1.30 bits per heavy atom. The smallest absolute Gasteiger partial charge is 0.0558 e. The molecular weight excluding hydrogens is 340 g/mol. The van der Waals surface area contributed by atoms with E-state index in [4.69, 9.17) is 0 Å². The van der Waals surface area contributed by atoms with Crippen molar-refractivity contribution in [3.05, 3.63) is 0 Å². The molecule has 0 aliphatic carbocycles. The Morgan fingerprint density at radius 2 is 0.963 bits per heavy atom. The van der Waals surface area contributed by atoms with Gasteiger partial charge in [0.15, 0.2) is 0 Å². The Balaban J connectivity index is 4.63. The van der Waals surface area contributed by atoms with Gasteiger partial charge in [-0.3, -0.25) is 4.90 Å². The highest BCUT2D eigenvalue weighted by atomic mass is 16.3. The lowest BCUT2D eigenvalue weighted by Gasteiger charge is -2.33. The second-order valence-electron chi connectivity index (χ2n) is 7.39. The molecule has 0 fully saturated rings. The average molecular weight is 389 g/mol. The summed E-state index contributed by atoms with van der Waals surface area (Å²) in [5, 5.41) is 18.6. The maximum atomic E-state index is 9.31. The molecule has 1 atom stereocenters. The van der Waals surface area contributed by atoms with E-state index in [0.29, 0.717) is 19.1 Å². The third-order valence-electron chi connectivity index (χ3n) is 5.61. The molecule has 0 aromatic carbocycles. The van der Waals surface area contributed by atoms with E-state index in [1.807, 2.05) is 0 Å². The van der Waals surface area contributed by atoms with Crippen molar-refractivity contribution in [3.8, 4) is 0 Å². The Hall–Kier alpha value is -0.240. The third kappa shape index (κ3) is 12.8. The van der Waals surface area contributed by atoms with Gasteiger partial charge in [-0.05, 0) is 72.1 Å². The van der Waals surface area contributed by atoms with Gasteiger partial charge < -0.3 is 24.9 Å². The molecule has 0 rings (SSSR count). The van der Waals surface area contributed by atoms with E-state index in [0.717, 1.165) is 58.9 Å². The number of hydrogen-bond donors (Lipinski definition) is 2. The average Bonchev–Trinajstić information content (AvgIpc) is 2.68. The lowest BCUT2D eigenvalue weighted by molar-refractivity contribution is 0.0991. The second-order valence-corrected chi connectivity index (χ2v) is 7.39. The molecule has 6 nitrogen and oxygen atoms in total. The van der Waals surface area contributed by atoms with Crippen LogP contribution in [0.1, 0.15) is 47.5 Å². The lowest BCUT2D eigenvalue weighted by atomic mass is 10.2. The van der Waals surface area contributed by atoms with Crippen LogP contribution in [0.25, 0.3) is 0 Å². The number of nitrogens with zero attached hydrogens (tertiary/aromatic N) is 4. The van der Waals surface area contributed by atoms with Gasteiger partial charge in [0.1, 0.15) is 0 Å². The maximum absolute atomic E-state index is 9.31. The molecule has 0 radical (unpaired) electrons. The van der Waals surface area contributed by atoms with Gasteiger partial charge in [-0.25, -0.2) is 0 Å². The van der Waals surface area contributed by atoms with Gasteiger partial charge in [0.2, 0.25) is 0 Å². The molecule has 1 unspecified atom stereocenters. The first-order valence-electron chi connectivity index (χ1n) is 11.2. The van der Waals surface area contributed by atoms with Crippen LogP contribution in [0.3, 0.4) is 0 Å². The minimum Gasteiger partial charge on any atom is -0.395 e. The van der Waals surface area contributed by atoms with Crippen LogP contribution in [-0.4, -0.2) is 121 Å². The minimum absolute atomic E-state index is 0.147. The number of aliphatic hydroxyl groups is 2. The SMILES string of the molecule is CCN(CC)CCCN(CCCN(CC)CC)CC(C)N(CCO)CCO. The van der Waals surface area contributed by atoms with Crippen LogP contribution < -0.4 is 0 Å². The molecule has 164 valence electrons. The molecule has 0 aromatic rings. The van der Waals surface area contributed by atoms with Crippen molar-refractivity contribution >= 4 is 0 Å². The van der Waals surface area contributed by atoms with E-state index in [1.54, 1.807) is 0 Å². The van der Waals surface area contributed by atoms with Crippen molar-refractivity contribution in [2.75, 3.05) is 85.2 Å². The number of aliphatic hydroxyl groups excluding tert-OH is 2. The van der Waals surface area contributed by atoms with E-state index in [9.17, 15) is 10.2 Å². The standard InChI is InChI=1S/C21H48N4O2/c1-6-22(7-2)12-10-14-24(15-11-13-23(8-3)9-4)20-21(5)25(16-18-26)17-19-27/h21,26-27H,6-20H2,1-5H3. The molecule has 27 heavy (non-hydrogen) atoms. The fraction of sp³-hybridized carbons (Fsp3) is 1.00. The van der Waals surface area contributed by atoms with E-state index in [-0.39, 0.29) is 13.2 Å². The van der Waals surface area contributed by atoms with Crippen molar-refractivity contribution in [1.29, 1.82) is 0 Å². The summed E-state index contributed by atoms with van der Waals surface area (Å²) in [7, 11) is 0. The molecular formula is C21H48N4O2. The van der Waals surface area contributed by atoms with E-state index >= 15 is 0 Å². The summed E-state index contributed by atoms with van der Waals surface area (Å²) in [6.45, 7) is 22.7. The second kappa shape index (κ2) is 17.8. The van der Waals surface area contributed by atoms with Gasteiger partial charge in [0, 0.05) is 25.7 Å². The highest BCUT2D eigenvalue weighted by Crippen LogP contribution is 2.05. The zero-order valence-corrected chi connectivity index (χ0v) is 18.9. The van der Waals surface area contributed by atoms with Gasteiger partial charge in [-0.2, -0.15) is 0 Å².